The maximum atomic E-state index is 7.44. The Labute approximate surface area is 520 Å². The first kappa shape index (κ1) is 60.3. The molecule has 0 aromatic rings. The van der Waals surface area contributed by atoms with Gasteiger partial charge in [0, 0.05) is 189 Å². The largest absolute Gasteiger partial charge is 0.495 e. The summed E-state index contributed by atoms with van der Waals surface area (Å²) < 4.78 is 42.0. The van der Waals surface area contributed by atoms with Crippen molar-refractivity contribution < 1.29 is 0 Å². The summed E-state index contributed by atoms with van der Waals surface area (Å²) in [6.07, 6.45) is 41.7. The summed E-state index contributed by atoms with van der Waals surface area (Å²) >= 11 is 0. The average molecular weight is 1260 g/mol. The minimum absolute atomic E-state index is 0.184. The summed E-state index contributed by atoms with van der Waals surface area (Å²) in [5.41, 5.74) is 5.61. The zero-order chi connectivity index (χ0) is 56.5. The van der Waals surface area contributed by atoms with E-state index in [-0.39, 0.29) is 22.7 Å². The van der Waals surface area contributed by atoms with Crippen molar-refractivity contribution in [1.82, 2.24) is 57.9 Å². The quantitative estimate of drug-likeness (QED) is 0.138. The Morgan fingerprint density at radius 2 is 0.353 bits per heavy atom. The van der Waals surface area contributed by atoms with E-state index >= 15 is 0 Å². The molecule has 0 bridgehead atoms. The summed E-state index contributed by atoms with van der Waals surface area (Å²) in [6.45, 7) is 29.1. The Bertz CT molecular complexity index is 2030. The second-order valence-corrected chi connectivity index (χ2v) is 40.0. The van der Waals surface area contributed by atoms with Gasteiger partial charge in [0.2, 0.25) is 0 Å². The summed E-state index contributed by atoms with van der Waals surface area (Å²) in [5.74, 6) is 0. The summed E-state index contributed by atoms with van der Waals surface area (Å²) in [6, 6.07) is 0. The third kappa shape index (κ3) is 10.6. The highest BCUT2D eigenvalue weighted by molar-refractivity contribution is 7.82. The van der Waals surface area contributed by atoms with E-state index < -0.39 is 40.2 Å². The van der Waals surface area contributed by atoms with Gasteiger partial charge in [0.15, 0.2) is 0 Å². The highest BCUT2D eigenvalue weighted by Gasteiger charge is 2.67. The highest BCUT2D eigenvalue weighted by atomic mass is 31.2. The first-order valence-electron chi connectivity index (χ1n) is 36.4. The summed E-state index contributed by atoms with van der Waals surface area (Å²) in [5, 5.41) is 0. The molecule has 0 radical (unpaired) electrons. The lowest BCUT2D eigenvalue weighted by Crippen LogP contribution is -2.62. The van der Waals surface area contributed by atoms with Crippen molar-refractivity contribution in [3.8, 4) is 0 Å². The molecule has 85 heavy (non-hydrogen) atoms. The first-order chi connectivity index (χ1) is 42.0. The fraction of sp³-hybridized carbons (Fsp3) is 0.938. The van der Waals surface area contributed by atoms with Crippen LogP contribution in [0.25, 0.3) is 0 Å². The number of likely N-dealkylation sites (tertiary alicyclic amines) is 8. The van der Waals surface area contributed by atoms with Crippen LogP contribution in [0.2, 0.25) is 0 Å². The second-order valence-electron chi connectivity index (χ2n) is 29.2. The predicted octanol–water partition coefficient (Wildman–Crippen LogP) is 11.4. The van der Waals surface area contributed by atoms with Crippen molar-refractivity contribution in [3.63, 3.8) is 0 Å². The third-order valence-electron chi connectivity index (χ3n) is 24.7. The van der Waals surface area contributed by atoms with Gasteiger partial charge >= 0.3 is 7.87 Å². The van der Waals surface area contributed by atoms with Crippen LogP contribution in [0, 0.1) is 0 Å². The zero-order valence-electron chi connectivity index (χ0n) is 53.0. The van der Waals surface area contributed by atoms with Gasteiger partial charge in [-0.25, -0.2) is 0 Å². The summed E-state index contributed by atoms with van der Waals surface area (Å²) in [4.78, 5) is 24.7. The van der Waals surface area contributed by atoms with Crippen molar-refractivity contribution in [2.45, 2.75) is 202 Å². The van der Waals surface area contributed by atoms with Gasteiger partial charge in [-0.2, -0.15) is 0 Å². The van der Waals surface area contributed by atoms with Gasteiger partial charge in [0.05, 0.1) is 0 Å². The second kappa shape index (κ2) is 25.9. The van der Waals surface area contributed by atoms with Crippen LogP contribution >= 0.6 is 40.2 Å². The lowest BCUT2D eigenvalue weighted by atomic mass is 10.0. The molecule has 0 aliphatic carbocycles. The van der Waals surface area contributed by atoms with Gasteiger partial charge in [-0.3, -0.25) is 57.9 Å². The molecule has 16 fully saturated rings. The molecule has 0 aromatic heterocycles. The molecule has 16 aliphatic heterocycles. The average Bonchev–Trinajstić information content (AvgIpc) is 2.31. The fourth-order valence-electron chi connectivity index (χ4n) is 20.7. The number of hydrogen-bond donors (Lipinski definition) is 0. The Morgan fingerprint density at radius 3 is 0.506 bits per heavy atom. The van der Waals surface area contributed by atoms with E-state index in [0.717, 1.165) is 0 Å². The van der Waals surface area contributed by atoms with Crippen LogP contribution in [0.3, 0.4) is 0 Å². The normalized spacial score (nSPS) is 38.3. The molecular formula is C64H112N16P5+. The lowest BCUT2D eigenvalue weighted by Gasteiger charge is -2.48. The van der Waals surface area contributed by atoms with E-state index in [4.69, 9.17) is 19.1 Å². The molecule has 0 spiro atoms. The zero-order valence-corrected chi connectivity index (χ0v) is 57.5. The van der Waals surface area contributed by atoms with E-state index in [1.807, 2.05) is 0 Å². The predicted molar refractivity (Wildman–Crippen MR) is 363 cm³/mol. The molecule has 4 unspecified atom stereocenters. The molecule has 472 valence electrons. The third-order valence-corrected chi connectivity index (χ3v) is 38.0. The van der Waals surface area contributed by atoms with Crippen LogP contribution in [0.5, 0.6) is 0 Å². The molecule has 4 atom stereocenters. The molecule has 0 amide bonds. The summed E-state index contributed by atoms with van der Waals surface area (Å²) in [7, 11) is -6.30. The molecule has 16 heterocycles. The van der Waals surface area contributed by atoms with Gasteiger partial charge in [-0.05, 0) is 204 Å². The first-order valence-corrected chi connectivity index (χ1v) is 44.0. The van der Waals surface area contributed by atoms with Crippen molar-refractivity contribution in [1.29, 1.82) is 0 Å². The van der Waals surface area contributed by atoms with Crippen molar-refractivity contribution >= 4 is 62.0 Å². The molecule has 16 aliphatic rings. The van der Waals surface area contributed by atoms with Crippen LogP contribution in [-0.4, -0.2) is 284 Å². The van der Waals surface area contributed by atoms with Crippen molar-refractivity contribution in [2.75, 3.05) is 182 Å². The van der Waals surface area contributed by atoms with Gasteiger partial charge < -0.3 is 0 Å². The standard InChI is InChI=1S/C64H112N16P5/c1-2-30-69(29-1)61(70-31-3-4-32-70)25-53-81(77-45-17-18-46-77)57(61)65-85(66-58-62(71-33-5-6-34-71,72-35-7-8-36-72)26-54-82(58)78-47-19-20-48-78,67-59-63(73-37-9-10-38-73,74-39-11-12-40-74)27-55-83(59)79-49-21-22-50-79)68-60-64(75-41-13-14-42-75,76-43-15-16-44-76)28-56-84(60)80-51-23-24-52-80/h1-56H2/q+1. The molecule has 16 nitrogen and oxygen atoms in total. The number of rotatable bonds is 16. The van der Waals surface area contributed by atoms with Crippen LogP contribution in [0.15, 0.2) is 19.1 Å². The Hall–Kier alpha value is 0.350. The topological polar surface area (TPSA) is 88.3 Å². The molecule has 16 saturated heterocycles. The highest BCUT2D eigenvalue weighted by Crippen LogP contribution is 2.77. The Balaban J connectivity index is 1.06. The van der Waals surface area contributed by atoms with Crippen molar-refractivity contribution in [3.05, 3.63) is 0 Å². The van der Waals surface area contributed by atoms with E-state index in [0.29, 0.717) is 0 Å². The van der Waals surface area contributed by atoms with Gasteiger partial charge in [-0.1, -0.05) is 19.1 Å². The van der Waals surface area contributed by atoms with Gasteiger partial charge in [-0.15, -0.1) is 0 Å². The van der Waals surface area contributed by atoms with E-state index in [9.17, 15) is 0 Å². The van der Waals surface area contributed by atoms with E-state index in [2.05, 4.69) is 57.9 Å². The Morgan fingerprint density at radius 1 is 0.212 bits per heavy atom. The van der Waals surface area contributed by atoms with Gasteiger partial charge in [0.1, 0.15) is 44.5 Å². The van der Waals surface area contributed by atoms with Crippen LogP contribution in [-0.2, 0) is 0 Å². The number of nitrogens with zero attached hydrogens (tertiary/aromatic N) is 16. The molecular weight excluding hydrogens is 1150 g/mol. The maximum absolute atomic E-state index is 7.44. The molecule has 0 saturated carbocycles. The monoisotopic (exact) mass is 1260 g/mol. The Kier molecular flexibility index (Phi) is 18.4. The van der Waals surface area contributed by atoms with E-state index in [1.165, 1.54) is 362 Å². The van der Waals surface area contributed by atoms with Crippen LogP contribution < -0.4 is 0 Å². The molecule has 0 N–H and O–H groups in total. The van der Waals surface area contributed by atoms with Gasteiger partial charge in [0.25, 0.3) is 0 Å². The molecule has 16 rings (SSSR count). The SMILES string of the molecule is C1CCN(P2CCC(N3CCCC3)(N3CCCC3)C2=N[P+](N=C2P(N3CCCC3)CCC2(N2CCCC2)N2CCCC2)(N=C2P(N3CCCC3)CCC2(N2CCCC2)N2CCCC2)N=C2P(N3CCCC3)CCC2(N2CCCC2)N2CCCC2)C1. The van der Waals surface area contributed by atoms with Crippen LogP contribution in [0.1, 0.15) is 180 Å². The smallest absolute Gasteiger partial charge is 0.280 e. The molecule has 21 heteroatoms. The minimum atomic E-state index is -3.55. The fourth-order valence-corrected chi connectivity index (χ4v) is 37.1. The van der Waals surface area contributed by atoms with E-state index in [1.54, 1.807) is 21.8 Å². The molecule has 0 aromatic carbocycles. The minimum Gasteiger partial charge on any atom is -0.280 e. The van der Waals surface area contributed by atoms with Crippen molar-refractivity contribution in [2.24, 2.45) is 19.1 Å². The lowest BCUT2D eigenvalue weighted by molar-refractivity contribution is 0.0285. The van der Waals surface area contributed by atoms with Crippen LogP contribution in [0.4, 0.5) is 0 Å². The maximum Gasteiger partial charge on any atom is 0.495 e. The number of hydrogen-bond acceptors (Lipinski definition) is 16.